The fourth-order valence-electron chi connectivity index (χ4n) is 2.55. The number of nitrogens with one attached hydrogen (secondary N) is 1. The molecule has 4 heteroatoms. The largest absolute Gasteiger partial charge is 0.326 e. The normalized spacial score (nSPS) is 16.5. The second-order valence-electron chi connectivity index (χ2n) is 4.97. The number of amides is 1. The molecule has 2 rings (SSSR count). The van der Waals surface area contributed by atoms with Crippen molar-refractivity contribution in [3.63, 3.8) is 0 Å². The van der Waals surface area contributed by atoms with E-state index in [0.717, 1.165) is 5.56 Å². The SMILES string of the molecule is NCc1cccnc1NC(=O)CC1CCCCC1. The molecule has 0 atom stereocenters. The number of hydrogen-bond acceptors (Lipinski definition) is 3. The lowest BCUT2D eigenvalue weighted by Gasteiger charge is -2.20. The average molecular weight is 247 g/mol. The number of pyridine rings is 1. The molecule has 1 amide bonds. The number of nitrogens with zero attached hydrogens (tertiary/aromatic N) is 1. The van der Waals surface area contributed by atoms with Crippen LogP contribution in [-0.4, -0.2) is 10.9 Å². The number of hydrogen-bond donors (Lipinski definition) is 2. The maximum atomic E-state index is 12.0. The lowest BCUT2D eigenvalue weighted by molar-refractivity contribution is -0.117. The molecule has 18 heavy (non-hydrogen) atoms. The van der Waals surface area contributed by atoms with Gasteiger partial charge in [-0.15, -0.1) is 0 Å². The summed E-state index contributed by atoms with van der Waals surface area (Å²) in [5.41, 5.74) is 6.50. The van der Waals surface area contributed by atoms with Crippen LogP contribution >= 0.6 is 0 Å². The second-order valence-corrected chi connectivity index (χ2v) is 4.97. The highest BCUT2D eigenvalue weighted by Crippen LogP contribution is 2.26. The Morgan fingerprint density at radius 3 is 2.89 bits per heavy atom. The molecule has 1 heterocycles. The molecule has 1 fully saturated rings. The van der Waals surface area contributed by atoms with Gasteiger partial charge in [0, 0.05) is 24.7 Å². The van der Waals surface area contributed by atoms with Gasteiger partial charge in [-0.1, -0.05) is 25.3 Å². The predicted octanol–water partition coefficient (Wildman–Crippen LogP) is 2.45. The van der Waals surface area contributed by atoms with Gasteiger partial charge in [0.2, 0.25) is 5.91 Å². The van der Waals surface area contributed by atoms with Crippen LogP contribution in [-0.2, 0) is 11.3 Å². The zero-order chi connectivity index (χ0) is 12.8. The van der Waals surface area contributed by atoms with Crippen LogP contribution in [0.15, 0.2) is 18.3 Å². The van der Waals surface area contributed by atoms with E-state index in [1.165, 1.54) is 32.1 Å². The number of anilines is 1. The highest BCUT2D eigenvalue weighted by atomic mass is 16.1. The van der Waals surface area contributed by atoms with Crippen molar-refractivity contribution in [2.75, 3.05) is 5.32 Å². The minimum Gasteiger partial charge on any atom is -0.326 e. The van der Waals surface area contributed by atoms with Crippen LogP contribution in [0.25, 0.3) is 0 Å². The van der Waals surface area contributed by atoms with E-state index in [2.05, 4.69) is 10.3 Å². The van der Waals surface area contributed by atoms with Gasteiger partial charge in [-0.25, -0.2) is 4.98 Å². The molecule has 3 N–H and O–H groups in total. The molecule has 0 spiro atoms. The summed E-state index contributed by atoms with van der Waals surface area (Å²) >= 11 is 0. The van der Waals surface area contributed by atoms with Gasteiger partial charge in [-0.3, -0.25) is 4.79 Å². The topological polar surface area (TPSA) is 68.0 Å². The maximum Gasteiger partial charge on any atom is 0.225 e. The quantitative estimate of drug-likeness (QED) is 0.858. The smallest absolute Gasteiger partial charge is 0.225 e. The van der Waals surface area contributed by atoms with Crippen molar-refractivity contribution in [3.05, 3.63) is 23.9 Å². The average Bonchev–Trinajstić information content (AvgIpc) is 2.40. The van der Waals surface area contributed by atoms with Gasteiger partial charge < -0.3 is 11.1 Å². The Morgan fingerprint density at radius 1 is 1.39 bits per heavy atom. The molecular formula is C14H21N3O. The molecule has 1 aliphatic carbocycles. The maximum absolute atomic E-state index is 12.0. The molecule has 0 aromatic carbocycles. The lowest BCUT2D eigenvalue weighted by atomic mass is 9.87. The Bertz CT molecular complexity index is 400. The third-order valence-corrected chi connectivity index (χ3v) is 3.57. The molecule has 4 nitrogen and oxygen atoms in total. The standard InChI is InChI=1S/C14H21N3O/c15-10-12-7-4-8-16-14(12)17-13(18)9-11-5-2-1-3-6-11/h4,7-8,11H,1-3,5-6,9-10,15H2,(H,16,17,18). The van der Waals surface area contributed by atoms with Crippen LogP contribution in [0.1, 0.15) is 44.1 Å². The number of aromatic nitrogens is 1. The number of carbonyl (C=O) groups excluding carboxylic acids is 1. The third kappa shape index (κ3) is 3.53. The monoisotopic (exact) mass is 247 g/mol. The first-order valence-electron chi connectivity index (χ1n) is 6.73. The zero-order valence-electron chi connectivity index (χ0n) is 10.7. The van der Waals surface area contributed by atoms with Crippen molar-refractivity contribution >= 4 is 11.7 Å². The van der Waals surface area contributed by atoms with Crippen LogP contribution in [0.4, 0.5) is 5.82 Å². The van der Waals surface area contributed by atoms with Crippen molar-refractivity contribution in [1.29, 1.82) is 0 Å². The summed E-state index contributed by atoms with van der Waals surface area (Å²) in [6, 6.07) is 3.72. The van der Waals surface area contributed by atoms with Crippen molar-refractivity contribution in [3.8, 4) is 0 Å². The van der Waals surface area contributed by atoms with E-state index in [9.17, 15) is 4.79 Å². The molecule has 1 aromatic rings. The van der Waals surface area contributed by atoms with Gasteiger partial charge in [0.05, 0.1) is 0 Å². The van der Waals surface area contributed by atoms with E-state index in [-0.39, 0.29) is 5.91 Å². The second kappa shape index (κ2) is 6.50. The van der Waals surface area contributed by atoms with Gasteiger partial charge >= 0.3 is 0 Å². The number of carbonyl (C=O) groups is 1. The summed E-state index contributed by atoms with van der Waals surface area (Å²) in [6.45, 7) is 0.396. The molecule has 0 radical (unpaired) electrons. The van der Waals surface area contributed by atoms with Gasteiger partial charge in [-0.05, 0) is 24.8 Å². The van der Waals surface area contributed by atoms with E-state index in [1.807, 2.05) is 12.1 Å². The van der Waals surface area contributed by atoms with Gasteiger partial charge in [0.1, 0.15) is 5.82 Å². The zero-order valence-corrected chi connectivity index (χ0v) is 10.7. The summed E-state index contributed by atoms with van der Waals surface area (Å²) in [4.78, 5) is 16.1. The summed E-state index contributed by atoms with van der Waals surface area (Å²) in [5.74, 6) is 1.22. The number of rotatable bonds is 4. The summed E-state index contributed by atoms with van der Waals surface area (Å²) in [7, 11) is 0. The molecule has 1 saturated carbocycles. The molecule has 0 unspecified atom stereocenters. The van der Waals surface area contributed by atoms with Gasteiger partial charge in [0.25, 0.3) is 0 Å². The Balaban J connectivity index is 1.90. The third-order valence-electron chi connectivity index (χ3n) is 3.57. The van der Waals surface area contributed by atoms with Crippen molar-refractivity contribution in [1.82, 2.24) is 4.98 Å². The Morgan fingerprint density at radius 2 is 2.17 bits per heavy atom. The predicted molar refractivity (Wildman–Crippen MR) is 72.0 cm³/mol. The van der Waals surface area contributed by atoms with E-state index in [0.29, 0.717) is 24.7 Å². The van der Waals surface area contributed by atoms with Crippen LogP contribution in [0.3, 0.4) is 0 Å². The molecular weight excluding hydrogens is 226 g/mol. The first-order chi connectivity index (χ1) is 8.79. The summed E-state index contributed by atoms with van der Waals surface area (Å²) in [6.07, 6.45) is 8.48. The van der Waals surface area contributed by atoms with E-state index in [4.69, 9.17) is 5.73 Å². The molecule has 1 aromatic heterocycles. The number of nitrogens with two attached hydrogens (primary N) is 1. The highest BCUT2D eigenvalue weighted by molar-refractivity contribution is 5.90. The minimum atomic E-state index is 0.0651. The Hall–Kier alpha value is -1.42. The first kappa shape index (κ1) is 13.0. The fourth-order valence-corrected chi connectivity index (χ4v) is 2.55. The van der Waals surface area contributed by atoms with Crippen LogP contribution in [0.5, 0.6) is 0 Å². The van der Waals surface area contributed by atoms with Crippen molar-refractivity contribution < 1.29 is 4.79 Å². The van der Waals surface area contributed by atoms with Crippen LogP contribution in [0, 0.1) is 5.92 Å². The van der Waals surface area contributed by atoms with Crippen molar-refractivity contribution in [2.45, 2.75) is 45.1 Å². The van der Waals surface area contributed by atoms with Gasteiger partial charge in [0.15, 0.2) is 0 Å². The molecule has 0 aliphatic heterocycles. The minimum absolute atomic E-state index is 0.0651. The van der Waals surface area contributed by atoms with Crippen LogP contribution in [0.2, 0.25) is 0 Å². The molecule has 1 aliphatic rings. The molecule has 0 saturated heterocycles. The summed E-state index contributed by atoms with van der Waals surface area (Å²) < 4.78 is 0. The lowest BCUT2D eigenvalue weighted by Crippen LogP contribution is -2.20. The summed E-state index contributed by atoms with van der Waals surface area (Å²) in [5, 5.41) is 2.88. The van der Waals surface area contributed by atoms with E-state index < -0.39 is 0 Å². The molecule has 0 bridgehead atoms. The fraction of sp³-hybridized carbons (Fsp3) is 0.571. The Kier molecular flexibility index (Phi) is 4.70. The van der Waals surface area contributed by atoms with Crippen molar-refractivity contribution in [2.24, 2.45) is 11.7 Å². The first-order valence-corrected chi connectivity index (χ1v) is 6.73. The molecule has 98 valence electrons. The van der Waals surface area contributed by atoms with E-state index in [1.54, 1.807) is 6.20 Å². The van der Waals surface area contributed by atoms with E-state index >= 15 is 0 Å². The Labute approximate surface area is 108 Å². The highest BCUT2D eigenvalue weighted by Gasteiger charge is 2.17. The van der Waals surface area contributed by atoms with Crippen LogP contribution < -0.4 is 11.1 Å². The van der Waals surface area contributed by atoms with Gasteiger partial charge in [-0.2, -0.15) is 0 Å².